The standard InChI is InChI=1S/C9H15NO5S/c11-3-6-8(13)9(14)7(12)5(15-6)1-2-10-4-16/h5-9,11-14H,1-3H2/t5-,6-,7+,8+,9-/m1/s1. The number of thiocarbonyl (C=S) groups is 1. The minimum absolute atomic E-state index is 0.312. The van der Waals surface area contributed by atoms with Gasteiger partial charge in [0.25, 0.3) is 0 Å². The molecule has 0 unspecified atom stereocenters. The van der Waals surface area contributed by atoms with Crippen LogP contribution in [0.3, 0.4) is 0 Å². The van der Waals surface area contributed by atoms with Gasteiger partial charge in [0, 0.05) is 0 Å². The third-order valence-corrected chi connectivity index (χ3v) is 2.71. The van der Waals surface area contributed by atoms with Crippen molar-refractivity contribution in [2.45, 2.75) is 36.9 Å². The van der Waals surface area contributed by atoms with Crippen LogP contribution in [-0.2, 0) is 4.74 Å². The fraction of sp³-hybridized carbons (Fsp3) is 0.889. The SMILES string of the molecule is OC[C@H]1O[C@H](CCN=C=S)[C@H](O)[C@@H](O)[C@H]1O. The van der Waals surface area contributed by atoms with E-state index in [-0.39, 0.29) is 0 Å². The van der Waals surface area contributed by atoms with E-state index in [1.54, 1.807) is 0 Å². The van der Waals surface area contributed by atoms with Crippen LogP contribution in [0.4, 0.5) is 0 Å². The molecule has 0 amide bonds. The van der Waals surface area contributed by atoms with Crippen molar-refractivity contribution < 1.29 is 25.2 Å². The lowest BCUT2D eigenvalue weighted by atomic mass is 9.93. The van der Waals surface area contributed by atoms with E-state index in [1.807, 2.05) is 0 Å². The van der Waals surface area contributed by atoms with Crippen LogP contribution in [0.25, 0.3) is 0 Å². The molecule has 0 aromatic heterocycles. The molecule has 4 N–H and O–H groups in total. The van der Waals surface area contributed by atoms with Crippen LogP contribution in [0.1, 0.15) is 6.42 Å². The highest BCUT2D eigenvalue weighted by Crippen LogP contribution is 2.22. The van der Waals surface area contributed by atoms with E-state index in [9.17, 15) is 15.3 Å². The van der Waals surface area contributed by atoms with Crippen LogP contribution in [-0.4, -0.2) is 69.3 Å². The minimum Gasteiger partial charge on any atom is -0.394 e. The largest absolute Gasteiger partial charge is 0.394 e. The molecule has 1 aliphatic rings. The maximum absolute atomic E-state index is 9.62. The Hall–Kier alpha value is -0.400. The number of nitrogens with zero attached hydrogens (tertiary/aromatic N) is 1. The van der Waals surface area contributed by atoms with Crippen molar-refractivity contribution in [2.24, 2.45) is 4.99 Å². The van der Waals surface area contributed by atoms with E-state index in [2.05, 4.69) is 22.4 Å². The summed E-state index contributed by atoms with van der Waals surface area (Å²) >= 11 is 4.39. The summed E-state index contributed by atoms with van der Waals surface area (Å²) in [5.41, 5.74) is 0. The lowest BCUT2D eigenvalue weighted by Crippen LogP contribution is -2.58. The van der Waals surface area contributed by atoms with E-state index < -0.39 is 37.1 Å². The predicted molar refractivity (Wildman–Crippen MR) is 58.3 cm³/mol. The number of rotatable bonds is 4. The molecule has 0 saturated carbocycles. The van der Waals surface area contributed by atoms with E-state index in [0.717, 1.165) is 0 Å². The lowest BCUT2D eigenvalue weighted by Gasteiger charge is -2.39. The molecule has 7 heteroatoms. The fourth-order valence-electron chi connectivity index (χ4n) is 1.65. The summed E-state index contributed by atoms with van der Waals surface area (Å²) in [6.45, 7) is -0.107. The highest BCUT2D eigenvalue weighted by Gasteiger charge is 2.42. The topological polar surface area (TPSA) is 103 Å². The first kappa shape index (κ1) is 13.7. The van der Waals surface area contributed by atoms with Gasteiger partial charge in [-0.2, -0.15) is 0 Å². The molecule has 0 aliphatic carbocycles. The Morgan fingerprint density at radius 2 is 1.75 bits per heavy atom. The molecule has 1 rings (SSSR count). The Balaban J connectivity index is 2.59. The van der Waals surface area contributed by atoms with Crippen molar-refractivity contribution in [1.29, 1.82) is 0 Å². The molecule has 5 atom stereocenters. The summed E-state index contributed by atoms with van der Waals surface area (Å²) in [6, 6.07) is 0. The van der Waals surface area contributed by atoms with Gasteiger partial charge in [-0.3, -0.25) is 0 Å². The highest BCUT2D eigenvalue weighted by molar-refractivity contribution is 7.78. The summed E-state index contributed by atoms with van der Waals surface area (Å²) in [6.07, 6.45) is -5.04. The Morgan fingerprint density at radius 3 is 2.31 bits per heavy atom. The predicted octanol–water partition coefficient (Wildman–Crippen LogP) is -1.68. The summed E-state index contributed by atoms with van der Waals surface area (Å²) in [4.78, 5) is 3.66. The average molecular weight is 249 g/mol. The molecule has 0 aromatic carbocycles. The van der Waals surface area contributed by atoms with Gasteiger partial charge in [0.05, 0.1) is 24.4 Å². The van der Waals surface area contributed by atoms with Gasteiger partial charge in [-0.15, -0.1) is 0 Å². The summed E-state index contributed by atoms with van der Waals surface area (Å²) in [5, 5.41) is 39.7. The molecular formula is C9H15NO5S. The first-order valence-corrected chi connectivity index (χ1v) is 5.36. The molecule has 0 aromatic rings. The number of isothiocyanates is 1. The van der Waals surface area contributed by atoms with E-state index >= 15 is 0 Å². The lowest BCUT2D eigenvalue weighted by molar-refractivity contribution is -0.229. The van der Waals surface area contributed by atoms with Gasteiger partial charge < -0.3 is 25.2 Å². The van der Waals surface area contributed by atoms with Crippen molar-refractivity contribution in [3.8, 4) is 0 Å². The monoisotopic (exact) mass is 249 g/mol. The quantitative estimate of drug-likeness (QED) is 0.351. The first-order chi connectivity index (χ1) is 7.61. The Morgan fingerprint density at radius 1 is 1.12 bits per heavy atom. The van der Waals surface area contributed by atoms with Crippen LogP contribution in [0, 0.1) is 0 Å². The second-order valence-corrected chi connectivity index (χ2v) is 3.81. The molecule has 1 aliphatic heterocycles. The third kappa shape index (κ3) is 3.05. The molecule has 1 fully saturated rings. The third-order valence-electron chi connectivity index (χ3n) is 2.58. The van der Waals surface area contributed by atoms with Gasteiger partial charge in [0.15, 0.2) is 0 Å². The highest BCUT2D eigenvalue weighted by atomic mass is 32.1. The van der Waals surface area contributed by atoms with Gasteiger partial charge in [-0.05, 0) is 18.6 Å². The van der Waals surface area contributed by atoms with Gasteiger partial charge in [-0.25, -0.2) is 4.99 Å². The molecule has 6 nitrogen and oxygen atoms in total. The molecular weight excluding hydrogens is 234 g/mol. The van der Waals surface area contributed by atoms with Crippen molar-refractivity contribution in [3.05, 3.63) is 0 Å². The normalized spacial score (nSPS) is 39.1. The van der Waals surface area contributed by atoms with Crippen LogP contribution in [0.15, 0.2) is 4.99 Å². The Bertz CT molecular complexity index is 269. The van der Waals surface area contributed by atoms with Gasteiger partial charge in [0.1, 0.15) is 24.4 Å². The zero-order valence-electron chi connectivity index (χ0n) is 8.56. The summed E-state index contributed by atoms with van der Waals surface area (Å²) in [5.74, 6) is 0. The zero-order valence-corrected chi connectivity index (χ0v) is 9.38. The van der Waals surface area contributed by atoms with Crippen molar-refractivity contribution in [2.75, 3.05) is 13.2 Å². The number of ether oxygens (including phenoxy) is 1. The molecule has 1 saturated heterocycles. The van der Waals surface area contributed by atoms with Crippen molar-refractivity contribution in [1.82, 2.24) is 0 Å². The maximum Gasteiger partial charge on any atom is 0.111 e. The van der Waals surface area contributed by atoms with E-state index in [4.69, 9.17) is 9.84 Å². The minimum atomic E-state index is -1.33. The Kier molecular flexibility index (Phi) is 5.43. The zero-order chi connectivity index (χ0) is 12.1. The second-order valence-electron chi connectivity index (χ2n) is 3.63. The fourth-order valence-corrected chi connectivity index (χ4v) is 1.75. The van der Waals surface area contributed by atoms with E-state index in [0.29, 0.717) is 13.0 Å². The van der Waals surface area contributed by atoms with Gasteiger partial charge >= 0.3 is 0 Å². The summed E-state index contributed by atoms with van der Waals surface area (Å²) in [7, 11) is 0. The number of aliphatic hydroxyl groups is 4. The first-order valence-electron chi connectivity index (χ1n) is 4.96. The van der Waals surface area contributed by atoms with Crippen LogP contribution in [0.5, 0.6) is 0 Å². The number of hydrogen-bond donors (Lipinski definition) is 4. The molecule has 0 bridgehead atoms. The van der Waals surface area contributed by atoms with Crippen LogP contribution < -0.4 is 0 Å². The molecule has 16 heavy (non-hydrogen) atoms. The van der Waals surface area contributed by atoms with Crippen molar-refractivity contribution >= 4 is 17.4 Å². The smallest absolute Gasteiger partial charge is 0.111 e. The Labute approximate surface area is 98.2 Å². The van der Waals surface area contributed by atoms with Crippen LogP contribution >= 0.6 is 12.2 Å². The summed E-state index contributed by atoms with van der Waals surface area (Å²) < 4.78 is 5.25. The average Bonchev–Trinajstić information content (AvgIpc) is 2.29. The van der Waals surface area contributed by atoms with Crippen molar-refractivity contribution in [3.63, 3.8) is 0 Å². The number of aliphatic hydroxyl groups excluding tert-OH is 4. The second kappa shape index (κ2) is 6.36. The molecule has 0 spiro atoms. The van der Waals surface area contributed by atoms with Gasteiger partial charge in [0.2, 0.25) is 0 Å². The van der Waals surface area contributed by atoms with Crippen LogP contribution in [0.2, 0.25) is 0 Å². The van der Waals surface area contributed by atoms with E-state index in [1.165, 1.54) is 0 Å². The maximum atomic E-state index is 9.62. The number of hydrogen-bond acceptors (Lipinski definition) is 7. The number of aliphatic imine (C=N–C) groups is 1. The molecule has 0 radical (unpaired) electrons. The van der Waals surface area contributed by atoms with Gasteiger partial charge in [-0.1, -0.05) is 0 Å². The molecule has 1 heterocycles. The molecule has 92 valence electrons.